The van der Waals surface area contributed by atoms with Crippen LogP contribution in [0.1, 0.15) is 0 Å². The van der Waals surface area contributed by atoms with E-state index >= 15 is 0 Å². The number of hydrogen-bond donors (Lipinski definition) is 0. The fourth-order valence-corrected chi connectivity index (χ4v) is 2.21. The molecule has 13 heavy (non-hydrogen) atoms. The zero-order chi connectivity index (χ0) is 9.26. The minimum Gasteiger partial charge on any atom is -0.127 e. The van der Waals surface area contributed by atoms with E-state index in [1.54, 1.807) is 11.3 Å². The highest BCUT2D eigenvalue weighted by molar-refractivity contribution is 9.11. The molecule has 0 saturated heterocycles. The molecule has 0 aliphatic heterocycles. The molecule has 3 heteroatoms. The maximum Gasteiger partial charge on any atom is 0.0711 e. The second kappa shape index (κ2) is 3.82. The van der Waals surface area contributed by atoms with Gasteiger partial charge in [0.05, 0.1) is 9.17 Å². The first kappa shape index (κ1) is 9.25. The molecule has 0 N–H and O–H groups in total. The van der Waals surface area contributed by atoms with Crippen molar-refractivity contribution in [2.45, 2.75) is 0 Å². The number of rotatable bonds is 1. The molecule has 0 unspecified atom stereocenters. The van der Waals surface area contributed by atoms with Crippen LogP contribution in [0.25, 0.3) is 11.1 Å². The number of thiophene rings is 1. The molecule has 0 amide bonds. The van der Waals surface area contributed by atoms with Gasteiger partial charge in [0.2, 0.25) is 0 Å². The van der Waals surface area contributed by atoms with Crippen LogP contribution in [0.2, 0.25) is 5.02 Å². The lowest BCUT2D eigenvalue weighted by molar-refractivity contribution is 1.67. The van der Waals surface area contributed by atoms with Crippen LogP contribution < -0.4 is 0 Å². The lowest BCUT2D eigenvalue weighted by Gasteiger charge is -1.95. The first-order valence-corrected chi connectivity index (χ1v) is 5.67. The molecule has 1 heterocycles. The Labute approximate surface area is 94.3 Å². The van der Waals surface area contributed by atoms with Crippen molar-refractivity contribution in [1.29, 1.82) is 0 Å². The van der Waals surface area contributed by atoms with E-state index in [-0.39, 0.29) is 0 Å². The highest BCUT2D eigenvalue weighted by Gasteiger charge is 2.00. The van der Waals surface area contributed by atoms with Gasteiger partial charge in [-0.05, 0) is 39.7 Å². The second-order valence-electron chi connectivity index (χ2n) is 2.57. The third-order valence-electron chi connectivity index (χ3n) is 1.67. The summed E-state index contributed by atoms with van der Waals surface area (Å²) in [5.41, 5.74) is 2.25. The maximum atomic E-state index is 5.79. The van der Waals surface area contributed by atoms with Gasteiger partial charge in [-0.1, -0.05) is 23.7 Å². The first-order chi connectivity index (χ1) is 6.25. The summed E-state index contributed by atoms with van der Waals surface area (Å²) in [6, 6.07) is 9.81. The van der Waals surface area contributed by atoms with Gasteiger partial charge in [0.1, 0.15) is 0 Å². The Morgan fingerprint density at radius 1 is 1.23 bits per heavy atom. The fourth-order valence-electron chi connectivity index (χ4n) is 1.05. The van der Waals surface area contributed by atoms with Crippen molar-refractivity contribution in [3.05, 3.63) is 44.5 Å². The largest absolute Gasteiger partial charge is 0.127 e. The Hall–Kier alpha value is -0.310. The summed E-state index contributed by atoms with van der Waals surface area (Å²) in [5.74, 6) is 0. The highest BCUT2D eigenvalue weighted by Crippen LogP contribution is 2.28. The molecule has 0 aliphatic rings. The van der Waals surface area contributed by atoms with Crippen LogP contribution in [-0.2, 0) is 0 Å². The van der Waals surface area contributed by atoms with Crippen LogP contribution in [0, 0.1) is 5.38 Å². The van der Waals surface area contributed by atoms with Crippen LogP contribution >= 0.6 is 38.9 Å². The van der Waals surface area contributed by atoms with Crippen LogP contribution in [0.15, 0.2) is 34.1 Å². The molecular formula is C10H5BrClS. The molecule has 2 aromatic rings. The van der Waals surface area contributed by atoms with Gasteiger partial charge in [0, 0.05) is 10.6 Å². The van der Waals surface area contributed by atoms with E-state index < -0.39 is 0 Å². The van der Waals surface area contributed by atoms with Crippen molar-refractivity contribution in [3.8, 4) is 11.1 Å². The molecule has 0 atom stereocenters. The van der Waals surface area contributed by atoms with E-state index in [4.69, 9.17) is 11.6 Å². The Balaban J connectivity index is 2.41. The van der Waals surface area contributed by atoms with Gasteiger partial charge in [-0.3, -0.25) is 0 Å². The molecule has 65 valence electrons. The predicted octanol–water partition coefficient (Wildman–Crippen LogP) is 4.63. The summed E-state index contributed by atoms with van der Waals surface area (Å²) in [5, 5.41) is 3.95. The third-order valence-corrected chi connectivity index (χ3v) is 3.27. The summed E-state index contributed by atoms with van der Waals surface area (Å²) in [4.78, 5) is 0. The Morgan fingerprint density at radius 3 is 2.46 bits per heavy atom. The van der Waals surface area contributed by atoms with E-state index in [0.717, 1.165) is 19.9 Å². The Morgan fingerprint density at radius 2 is 1.92 bits per heavy atom. The van der Waals surface area contributed by atoms with Gasteiger partial charge in [0.15, 0.2) is 0 Å². The van der Waals surface area contributed by atoms with Crippen molar-refractivity contribution in [1.82, 2.24) is 0 Å². The Bertz CT molecular complexity index is 405. The van der Waals surface area contributed by atoms with Gasteiger partial charge in [0.25, 0.3) is 0 Å². The number of halogens is 2. The SMILES string of the molecule is Clc1ccc(-c2[c]sc(Br)c2)cc1. The molecule has 1 aromatic carbocycles. The van der Waals surface area contributed by atoms with Gasteiger partial charge < -0.3 is 0 Å². The summed E-state index contributed by atoms with van der Waals surface area (Å²) < 4.78 is 1.09. The van der Waals surface area contributed by atoms with Gasteiger partial charge >= 0.3 is 0 Å². The average Bonchev–Trinajstić information content (AvgIpc) is 2.53. The lowest BCUT2D eigenvalue weighted by Crippen LogP contribution is -1.71. The van der Waals surface area contributed by atoms with Crippen molar-refractivity contribution >= 4 is 38.9 Å². The maximum absolute atomic E-state index is 5.79. The number of benzene rings is 1. The third kappa shape index (κ3) is 2.13. The van der Waals surface area contributed by atoms with E-state index in [9.17, 15) is 0 Å². The van der Waals surface area contributed by atoms with Crippen molar-refractivity contribution in [3.63, 3.8) is 0 Å². The molecule has 0 aliphatic carbocycles. The summed E-state index contributed by atoms with van der Waals surface area (Å²) in [6.07, 6.45) is 0. The molecule has 0 spiro atoms. The summed E-state index contributed by atoms with van der Waals surface area (Å²) in [6.45, 7) is 0. The zero-order valence-corrected chi connectivity index (χ0v) is 9.71. The minimum atomic E-state index is 0.762. The summed E-state index contributed by atoms with van der Waals surface area (Å²) >= 11 is 10.8. The molecule has 0 bridgehead atoms. The summed E-state index contributed by atoms with van der Waals surface area (Å²) in [7, 11) is 0. The van der Waals surface area contributed by atoms with Crippen molar-refractivity contribution < 1.29 is 0 Å². The van der Waals surface area contributed by atoms with Crippen molar-refractivity contribution in [2.75, 3.05) is 0 Å². The lowest BCUT2D eigenvalue weighted by atomic mass is 10.1. The molecule has 2 rings (SSSR count). The molecule has 0 fully saturated rings. The molecule has 1 radical (unpaired) electrons. The minimum absolute atomic E-state index is 0.762. The molecule has 0 nitrogen and oxygen atoms in total. The normalized spacial score (nSPS) is 10.3. The van der Waals surface area contributed by atoms with Crippen molar-refractivity contribution in [2.24, 2.45) is 0 Å². The molecular weight excluding hydrogens is 268 g/mol. The second-order valence-corrected chi connectivity index (χ2v) is 5.24. The van der Waals surface area contributed by atoms with Crippen LogP contribution in [0.5, 0.6) is 0 Å². The van der Waals surface area contributed by atoms with Gasteiger partial charge in [-0.15, -0.1) is 11.3 Å². The monoisotopic (exact) mass is 271 g/mol. The zero-order valence-electron chi connectivity index (χ0n) is 6.55. The van der Waals surface area contributed by atoms with Gasteiger partial charge in [-0.25, -0.2) is 0 Å². The standard InChI is InChI=1S/C10H5BrClS/c11-10-5-8(6-13-10)7-1-3-9(12)4-2-7/h1-5H. The van der Waals surface area contributed by atoms with Crippen LogP contribution in [0.3, 0.4) is 0 Å². The quantitative estimate of drug-likeness (QED) is 0.710. The fraction of sp³-hybridized carbons (Fsp3) is 0. The molecule has 0 saturated carbocycles. The Kier molecular flexibility index (Phi) is 2.72. The van der Waals surface area contributed by atoms with E-state index in [1.165, 1.54) is 0 Å². The van der Waals surface area contributed by atoms with E-state index in [2.05, 4.69) is 21.3 Å². The van der Waals surface area contributed by atoms with E-state index in [1.807, 2.05) is 30.3 Å². The van der Waals surface area contributed by atoms with Crippen LogP contribution in [-0.4, -0.2) is 0 Å². The average molecular weight is 273 g/mol. The highest BCUT2D eigenvalue weighted by atomic mass is 79.9. The predicted molar refractivity (Wildman–Crippen MR) is 61.3 cm³/mol. The van der Waals surface area contributed by atoms with Crippen LogP contribution in [0.4, 0.5) is 0 Å². The molecule has 1 aromatic heterocycles. The van der Waals surface area contributed by atoms with Gasteiger partial charge in [-0.2, -0.15) is 0 Å². The first-order valence-electron chi connectivity index (χ1n) is 3.68. The topological polar surface area (TPSA) is 0 Å². The smallest absolute Gasteiger partial charge is 0.0711 e. The number of hydrogen-bond acceptors (Lipinski definition) is 1. The van der Waals surface area contributed by atoms with E-state index in [0.29, 0.717) is 0 Å².